The van der Waals surface area contributed by atoms with Gasteiger partial charge in [0.15, 0.2) is 0 Å². The first-order valence-electron chi connectivity index (χ1n) is 6.60. The number of rotatable bonds is 9. The van der Waals surface area contributed by atoms with Gasteiger partial charge in [-0.25, -0.2) is 9.67 Å². The molecule has 0 saturated heterocycles. The molecule has 1 aromatic rings. The minimum absolute atomic E-state index is 0.883. The number of nitrogens with zero attached hydrogens (tertiary/aromatic N) is 3. The summed E-state index contributed by atoms with van der Waals surface area (Å²) in [6.45, 7) is 7.47. The minimum Gasteiger partial charge on any atom is -0.316 e. The number of hydrogen-bond acceptors (Lipinski definition) is 3. The fraction of sp³-hybridized carbons (Fsp3) is 0.692. The number of allylic oxidation sites excluding steroid dienone is 1. The Labute approximate surface area is 104 Å². The summed E-state index contributed by atoms with van der Waals surface area (Å²) in [6, 6.07) is 0. The lowest BCUT2D eigenvalue weighted by atomic mass is 10.3. The Morgan fingerprint density at radius 1 is 1.24 bits per heavy atom. The molecule has 0 radical (unpaired) electrons. The molecule has 0 aliphatic rings. The highest BCUT2D eigenvalue weighted by Gasteiger charge is 1.99. The Morgan fingerprint density at radius 3 is 2.88 bits per heavy atom. The van der Waals surface area contributed by atoms with Crippen LogP contribution in [0.2, 0.25) is 0 Å². The van der Waals surface area contributed by atoms with Crippen molar-refractivity contribution in [3.63, 3.8) is 0 Å². The standard InChI is InChI=1S/C13H24N4/c1-3-9-14-10-7-5-6-8-13-15-12-16-17(13)11-4-2/h5-6,12,14H,3-4,7-11H2,1-2H3. The van der Waals surface area contributed by atoms with Crippen LogP contribution in [0.1, 0.15) is 38.9 Å². The fourth-order valence-electron chi connectivity index (χ4n) is 1.64. The van der Waals surface area contributed by atoms with Crippen molar-refractivity contribution < 1.29 is 0 Å². The van der Waals surface area contributed by atoms with Gasteiger partial charge in [0.05, 0.1) is 0 Å². The van der Waals surface area contributed by atoms with Crippen molar-refractivity contribution in [1.82, 2.24) is 20.1 Å². The smallest absolute Gasteiger partial charge is 0.138 e. The van der Waals surface area contributed by atoms with Crippen molar-refractivity contribution in [2.75, 3.05) is 13.1 Å². The zero-order valence-corrected chi connectivity index (χ0v) is 11.0. The maximum atomic E-state index is 4.27. The maximum Gasteiger partial charge on any atom is 0.138 e. The van der Waals surface area contributed by atoms with E-state index in [9.17, 15) is 0 Å². The van der Waals surface area contributed by atoms with E-state index >= 15 is 0 Å². The van der Waals surface area contributed by atoms with Crippen LogP contribution in [0.25, 0.3) is 0 Å². The van der Waals surface area contributed by atoms with E-state index in [2.05, 4.69) is 41.4 Å². The van der Waals surface area contributed by atoms with E-state index in [0.717, 1.165) is 44.7 Å². The average Bonchev–Trinajstić information content (AvgIpc) is 2.76. The molecule has 4 heteroatoms. The van der Waals surface area contributed by atoms with Gasteiger partial charge in [-0.3, -0.25) is 0 Å². The molecule has 0 aromatic carbocycles. The van der Waals surface area contributed by atoms with E-state index in [1.165, 1.54) is 6.42 Å². The van der Waals surface area contributed by atoms with Crippen LogP contribution in [0.4, 0.5) is 0 Å². The number of aromatic nitrogens is 3. The minimum atomic E-state index is 0.883. The van der Waals surface area contributed by atoms with E-state index in [-0.39, 0.29) is 0 Å². The van der Waals surface area contributed by atoms with E-state index < -0.39 is 0 Å². The van der Waals surface area contributed by atoms with Gasteiger partial charge < -0.3 is 5.32 Å². The Bertz CT molecular complexity index is 317. The van der Waals surface area contributed by atoms with Gasteiger partial charge in [0.25, 0.3) is 0 Å². The molecule has 0 bridgehead atoms. The van der Waals surface area contributed by atoms with Crippen molar-refractivity contribution in [1.29, 1.82) is 0 Å². The zero-order chi connectivity index (χ0) is 12.3. The zero-order valence-electron chi connectivity index (χ0n) is 11.0. The van der Waals surface area contributed by atoms with Crippen LogP contribution in [0.5, 0.6) is 0 Å². The lowest BCUT2D eigenvalue weighted by Crippen LogP contribution is -2.15. The highest BCUT2D eigenvalue weighted by Crippen LogP contribution is 1.98. The van der Waals surface area contributed by atoms with Gasteiger partial charge in [-0.15, -0.1) is 0 Å². The van der Waals surface area contributed by atoms with Gasteiger partial charge in [-0.2, -0.15) is 5.10 Å². The predicted octanol–water partition coefficient (Wildman–Crippen LogP) is 2.18. The lowest BCUT2D eigenvalue weighted by Gasteiger charge is -2.01. The van der Waals surface area contributed by atoms with Gasteiger partial charge in [0, 0.05) is 13.0 Å². The van der Waals surface area contributed by atoms with Gasteiger partial charge in [0.2, 0.25) is 0 Å². The third-order valence-corrected chi connectivity index (χ3v) is 2.51. The second kappa shape index (κ2) is 8.93. The molecular weight excluding hydrogens is 212 g/mol. The third kappa shape index (κ3) is 5.63. The summed E-state index contributed by atoms with van der Waals surface area (Å²) in [7, 11) is 0. The second-order valence-corrected chi connectivity index (χ2v) is 4.11. The van der Waals surface area contributed by atoms with Gasteiger partial charge in [-0.1, -0.05) is 26.0 Å². The molecule has 1 rings (SSSR count). The summed E-state index contributed by atoms with van der Waals surface area (Å²) in [5.41, 5.74) is 0. The molecule has 0 spiro atoms. The summed E-state index contributed by atoms with van der Waals surface area (Å²) in [5, 5.41) is 7.58. The highest BCUT2D eigenvalue weighted by molar-refractivity contribution is 4.96. The molecule has 1 N–H and O–H groups in total. The molecule has 0 fully saturated rings. The van der Waals surface area contributed by atoms with Crippen LogP contribution >= 0.6 is 0 Å². The molecule has 0 saturated carbocycles. The normalized spacial score (nSPS) is 11.4. The Morgan fingerprint density at radius 2 is 2.12 bits per heavy atom. The molecule has 0 aliphatic heterocycles. The quantitative estimate of drug-likeness (QED) is 0.528. The van der Waals surface area contributed by atoms with Crippen LogP contribution in [-0.2, 0) is 13.0 Å². The molecule has 4 nitrogen and oxygen atoms in total. The Balaban J connectivity index is 2.20. The van der Waals surface area contributed by atoms with Crippen LogP contribution in [0, 0.1) is 0 Å². The molecule has 0 amide bonds. The van der Waals surface area contributed by atoms with E-state index in [1.54, 1.807) is 6.33 Å². The molecule has 0 unspecified atom stereocenters. The van der Waals surface area contributed by atoms with Crippen LogP contribution < -0.4 is 5.32 Å². The van der Waals surface area contributed by atoms with Crippen molar-refractivity contribution in [3.05, 3.63) is 24.3 Å². The van der Waals surface area contributed by atoms with Crippen LogP contribution in [0.15, 0.2) is 18.5 Å². The second-order valence-electron chi connectivity index (χ2n) is 4.11. The SMILES string of the molecule is CCCNCCC=CCc1ncnn1CCC. The van der Waals surface area contributed by atoms with Gasteiger partial charge in [0.1, 0.15) is 12.2 Å². The summed E-state index contributed by atoms with van der Waals surface area (Å²) in [4.78, 5) is 4.27. The third-order valence-electron chi connectivity index (χ3n) is 2.51. The van der Waals surface area contributed by atoms with Crippen LogP contribution in [0.3, 0.4) is 0 Å². The van der Waals surface area contributed by atoms with E-state index in [0.29, 0.717) is 0 Å². The average molecular weight is 236 g/mol. The molecule has 96 valence electrons. The largest absolute Gasteiger partial charge is 0.316 e. The first-order chi connectivity index (χ1) is 8.38. The maximum absolute atomic E-state index is 4.27. The van der Waals surface area contributed by atoms with Gasteiger partial charge in [-0.05, 0) is 32.4 Å². The summed E-state index contributed by atoms with van der Waals surface area (Å²) in [6.07, 6.45) is 10.3. The Kier molecular flexibility index (Phi) is 7.30. The predicted molar refractivity (Wildman–Crippen MR) is 70.9 cm³/mol. The molecule has 0 aliphatic carbocycles. The topological polar surface area (TPSA) is 42.7 Å². The first kappa shape index (κ1) is 13.9. The van der Waals surface area contributed by atoms with Crippen LogP contribution in [-0.4, -0.2) is 27.9 Å². The summed E-state index contributed by atoms with van der Waals surface area (Å²) >= 11 is 0. The summed E-state index contributed by atoms with van der Waals surface area (Å²) < 4.78 is 1.99. The van der Waals surface area contributed by atoms with E-state index in [1.807, 2.05) is 4.68 Å². The monoisotopic (exact) mass is 236 g/mol. The molecule has 1 aromatic heterocycles. The molecule has 17 heavy (non-hydrogen) atoms. The number of hydrogen-bond donors (Lipinski definition) is 1. The van der Waals surface area contributed by atoms with E-state index in [4.69, 9.17) is 0 Å². The highest BCUT2D eigenvalue weighted by atomic mass is 15.3. The molecular formula is C13H24N4. The van der Waals surface area contributed by atoms with Crippen molar-refractivity contribution in [2.45, 2.75) is 46.1 Å². The van der Waals surface area contributed by atoms with Gasteiger partial charge >= 0.3 is 0 Å². The Hall–Kier alpha value is -1.16. The van der Waals surface area contributed by atoms with Crippen molar-refractivity contribution in [2.24, 2.45) is 0 Å². The molecule has 1 heterocycles. The first-order valence-corrected chi connectivity index (χ1v) is 6.60. The van der Waals surface area contributed by atoms with Crippen molar-refractivity contribution >= 4 is 0 Å². The van der Waals surface area contributed by atoms with Crippen molar-refractivity contribution in [3.8, 4) is 0 Å². The lowest BCUT2D eigenvalue weighted by molar-refractivity contribution is 0.577. The molecule has 0 atom stereocenters. The number of aryl methyl sites for hydroxylation is 1. The number of nitrogens with one attached hydrogen (secondary N) is 1. The summed E-state index contributed by atoms with van der Waals surface area (Å²) in [5.74, 6) is 1.06. The fourth-order valence-corrected chi connectivity index (χ4v) is 1.64.